The molecule has 0 aromatic carbocycles. The zero-order valence-electron chi connectivity index (χ0n) is 17.5. The molecule has 0 aliphatic carbocycles. The summed E-state index contributed by atoms with van der Waals surface area (Å²) in [5.41, 5.74) is -1.95. The summed E-state index contributed by atoms with van der Waals surface area (Å²) in [6.45, 7) is 5.83. The Kier molecular flexibility index (Phi) is 6.19. The number of amides is 1. The van der Waals surface area contributed by atoms with E-state index in [1.165, 1.54) is 6.07 Å². The largest absolute Gasteiger partial charge is 0.436 e. The minimum absolute atomic E-state index is 0.0387. The Balaban J connectivity index is 2.15. The second-order valence-corrected chi connectivity index (χ2v) is 9.62. The van der Waals surface area contributed by atoms with Gasteiger partial charge in [0.1, 0.15) is 16.5 Å². The molecule has 1 fully saturated rings. The predicted molar refractivity (Wildman–Crippen MR) is 107 cm³/mol. The van der Waals surface area contributed by atoms with E-state index in [0.29, 0.717) is 13.1 Å². The van der Waals surface area contributed by atoms with Gasteiger partial charge in [0.05, 0.1) is 0 Å². The third-order valence-corrected chi connectivity index (χ3v) is 6.35. The first kappa shape index (κ1) is 23.5. The van der Waals surface area contributed by atoms with Gasteiger partial charge in [-0.3, -0.25) is 4.79 Å². The van der Waals surface area contributed by atoms with Gasteiger partial charge in [0.2, 0.25) is 5.91 Å². The van der Waals surface area contributed by atoms with Crippen molar-refractivity contribution in [2.45, 2.75) is 38.3 Å². The molecule has 32 heavy (non-hydrogen) atoms. The van der Waals surface area contributed by atoms with E-state index in [9.17, 15) is 31.6 Å². The normalized spacial score (nSPS) is 19.5. The topological polar surface area (TPSA) is 121 Å². The van der Waals surface area contributed by atoms with Crippen molar-refractivity contribution in [1.82, 2.24) is 19.5 Å². The maximum atomic E-state index is 13.6. The Labute approximate surface area is 182 Å². The second kappa shape index (κ2) is 8.42. The first-order valence-corrected chi connectivity index (χ1v) is 11.2. The lowest BCUT2D eigenvalue weighted by Gasteiger charge is -2.36. The number of alkyl halides is 3. The molecule has 3 heterocycles. The molecule has 1 aliphatic heterocycles. The molecular weight excluding hydrogens is 449 g/mol. The lowest BCUT2D eigenvalue weighted by Crippen LogP contribution is -2.40. The van der Waals surface area contributed by atoms with E-state index in [4.69, 9.17) is 0 Å². The SMILES string of the molecule is CC(=O)NS(=O)(=O)c1ccc(-n2nc(C(F)(F)F)c(C#N)c2N2CC(C)CC(C)C2)nc1. The molecule has 1 amide bonds. The van der Waals surface area contributed by atoms with Gasteiger partial charge in [-0.1, -0.05) is 13.8 Å². The fraction of sp³-hybridized carbons (Fsp3) is 0.474. The van der Waals surface area contributed by atoms with Gasteiger partial charge in [-0.25, -0.2) is 18.1 Å². The molecule has 1 aliphatic rings. The van der Waals surface area contributed by atoms with Gasteiger partial charge in [0.25, 0.3) is 10.0 Å². The van der Waals surface area contributed by atoms with Crippen molar-refractivity contribution in [2.75, 3.05) is 18.0 Å². The van der Waals surface area contributed by atoms with Crippen LogP contribution in [0.5, 0.6) is 0 Å². The number of nitriles is 1. The molecule has 9 nitrogen and oxygen atoms in total. The Morgan fingerprint density at radius 3 is 2.34 bits per heavy atom. The van der Waals surface area contributed by atoms with E-state index in [-0.39, 0.29) is 28.4 Å². The first-order chi connectivity index (χ1) is 14.8. The van der Waals surface area contributed by atoms with Crippen LogP contribution in [0, 0.1) is 23.2 Å². The average molecular weight is 470 g/mol. The quantitative estimate of drug-likeness (QED) is 0.729. The summed E-state index contributed by atoms with van der Waals surface area (Å²) >= 11 is 0. The summed E-state index contributed by atoms with van der Waals surface area (Å²) in [5.74, 6) is -0.574. The van der Waals surface area contributed by atoms with Crippen LogP contribution in [-0.4, -0.2) is 42.2 Å². The predicted octanol–water partition coefficient (Wildman–Crippen LogP) is 2.46. The second-order valence-electron chi connectivity index (χ2n) is 7.93. The average Bonchev–Trinajstić information content (AvgIpc) is 3.06. The van der Waals surface area contributed by atoms with Gasteiger partial charge in [0, 0.05) is 26.2 Å². The minimum atomic E-state index is -4.87. The Morgan fingerprint density at radius 2 is 1.88 bits per heavy atom. The molecular formula is C19H21F3N6O3S. The highest BCUT2D eigenvalue weighted by atomic mass is 32.2. The van der Waals surface area contributed by atoms with E-state index < -0.39 is 33.4 Å². The number of piperidine rings is 1. The van der Waals surface area contributed by atoms with Crippen molar-refractivity contribution in [1.29, 1.82) is 5.26 Å². The van der Waals surface area contributed by atoms with Crippen LogP contribution >= 0.6 is 0 Å². The number of halogens is 3. The number of anilines is 1. The van der Waals surface area contributed by atoms with Crippen LogP contribution in [0.15, 0.2) is 23.2 Å². The van der Waals surface area contributed by atoms with Crippen LogP contribution in [0.25, 0.3) is 5.82 Å². The molecule has 0 radical (unpaired) electrons. The first-order valence-electron chi connectivity index (χ1n) is 9.68. The summed E-state index contributed by atoms with van der Waals surface area (Å²) in [6, 6.07) is 3.90. The zero-order chi connectivity index (χ0) is 23.8. The van der Waals surface area contributed by atoms with E-state index >= 15 is 0 Å². The van der Waals surface area contributed by atoms with E-state index in [2.05, 4.69) is 10.1 Å². The molecule has 2 aromatic heterocycles. The summed E-state index contributed by atoms with van der Waals surface area (Å²) in [5, 5.41) is 13.2. The number of nitrogens with one attached hydrogen (secondary N) is 1. The molecule has 0 spiro atoms. The van der Waals surface area contributed by atoms with Gasteiger partial charge in [0.15, 0.2) is 17.3 Å². The number of nitrogens with zero attached hydrogens (tertiary/aromatic N) is 5. The molecule has 172 valence electrons. The molecule has 1 saturated heterocycles. The number of sulfonamides is 1. The third kappa shape index (κ3) is 4.69. The summed E-state index contributed by atoms with van der Waals surface area (Å²) < 4.78 is 67.8. The molecule has 13 heteroatoms. The summed E-state index contributed by atoms with van der Waals surface area (Å²) in [6.07, 6.45) is -3.06. The van der Waals surface area contributed by atoms with Crippen LogP contribution in [0.3, 0.4) is 0 Å². The van der Waals surface area contributed by atoms with Crippen molar-refractivity contribution in [3.63, 3.8) is 0 Å². The van der Waals surface area contributed by atoms with Crippen LogP contribution in [0.1, 0.15) is 38.4 Å². The lowest BCUT2D eigenvalue weighted by atomic mass is 9.91. The molecule has 3 rings (SSSR count). The van der Waals surface area contributed by atoms with E-state index in [0.717, 1.165) is 30.3 Å². The Hall–Kier alpha value is -3.14. The van der Waals surface area contributed by atoms with E-state index in [1.54, 1.807) is 15.7 Å². The number of carbonyl (C=O) groups is 1. The number of rotatable bonds is 4. The van der Waals surface area contributed by atoms with Gasteiger partial charge in [-0.05, 0) is 30.4 Å². The lowest BCUT2D eigenvalue weighted by molar-refractivity contribution is -0.141. The minimum Gasteiger partial charge on any atom is -0.355 e. The van der Waals surface area contributed by atoms with Gasteiger partial charge < -0.3 is 4.90 Å². The number of hydrogen-bond acceptors (Lipinski definition) is 7. The number of pyridine rings is 1. The molecule has 2 aromatic rings. The standard InChI is InChI=1S/C19H21F3N6O3S/c1-11-6-12(2)10-27(9-11)18-15(7-23)17(19(20,21)22)25-28(18)16-5-4-14(8-24-16)32(30,31)26-13(3)29/h4-5,8,11-12H,6,9-10H2,1-3H3,(H,26,29). The number of aromatic nitrogens is 3. The highest BCUT2D eigenvalue weighted by Crippen LogP contribution is 2.38. The van der Waals surface area contributed by atoms with Crippen LogP contribution in [0.4, 0.5) is 19.0 Å². The molecule has 0 bridgehead atoms. The number of carbonyl (C=O) groups excluding carboxylic acids is 1. The van der Waals surface area contributed by atoms with Crippen molar-refractivity contribution in [3.8, 4) is 11.9 Å². The molecule has 2 atom stereocenters. The van der Waals surface area contributed by atoms with Gasteiger partial charge >= 0.3 is 6.18 Å². The zero-order valence-corrected chi connectivity index (χ0v) is 18.3. The van der Waals surface area contributed by atoms with E-state index in [1.807, 2.05) is 13.8 Å². The van der Waals surface area contributed by atoms with Crippen molar-refractivity contribution < 1.29 is 26.4 Å². The molecule has 1 N–H and O–H groups in total. The Morgan fingerprint density at radius 1 is 1.25 bits per heavy atom. The van der Waals surface area contributed by atoms with Gasteiger partial charge in [-0.2, -0.15) is 28.2 Å². The molecule has 0 saturated carbocycles. The third-order valence-electron chi connectivity index (χ3n) is 4.94. The van der Waals surface area contributed by atoms with Crippen molar-refractivity contribution in [3.05, 3.63) is 29.6 Å². The summed E-state index contributed by atoms with van der Waals surface area (Å²) in [7, 11) is -4.17. The number of hydrogen-bond donors (Lipinski definition) is 1. The van der Waals surface area contributed by atoms with Crippen molar-refractivity contribution in [2.24, 2.45) is 11.8 Å². The maximum absolute atomic E-state index is 13.6. The van der Waals surface area contributed by atoms with Gasteiger partial charge in [-0.15, -0.1) is 0 Å². The van der Waals surface area contributed by atoms with Crippen LogP contribution in [0.2, 0.25) is 0 Å². The summed E-state index contributed by atoms with van der Waals surface area (Å²) in [4.78, 5) is 16.4. The fourth-order valence-electron chi connectivity index (χ4n) is 3.90. The van der Waals surface area contributed by atoms with Crippen molar-refractivity contribution >= 4 is 21.7 Å². The highest BCUT2D eigenvalue weighted by molar-refractivity contribution is 7.90. The molecule has 2 unspecified atom stereocenters. The fourth-order valence-corrected chi connectivity index (χ4v) is 4.84. The Bertz CT molecular complexity index is 1160. The van der Waals surface area contributed by atoms with Crippen LogP contribution in [-0.2, 0) is 21.0 Å². The van der Waals surface area contributed by atoms with Crippen LogP contribution < -0.4 is 9.62 Å². The maximum Gasteiger partial charge on any atom is 0.436 e. The monoisotopic (exact) mass is 470 g/mol. The smallest absolute Gasteiger partial charge is 0.355 e. The highest BCUT2D eigenvalue weighted by Gasteiger charge is 2.42.